The van der Waals surface area contributed by atoms with Crippen LogP contribution in [-0.4, -0.2) is 40.3 Å². The van der Waals surface area contributed by atoms with E-state index in [1.807, 2.05) is 0 Å². The van der Waals surface area contributed by atoms with Gasteiger partial charge in [-0.3, -0.25) is 4.79 Å². The van der Waals surface area contributed by atoms with Gasteiger partial charge in [0.2, 0.25) is 0 Å². The van der Waals surface area contributed by atoms with Gasteiger partial charge >= 0.3 is 5.97 Å². The Bertz CT molecular complexity index is 139. The van der Waals surface area contributed by atoms with Crippen LogP contribution in [0.25, 0.3) is 0 Å². The lowest BCUT2D eigenvalue weighted by Crippen LogP contribution is -2.32. The van der Waals surface area contributed by atoms with Gasteiger partial charge in [0.05, 0.1) is 6.10 Å². The molecule has 0 aromatic rings. The molecule has 0 amide bonds. The molecule has 0 aromatic carbocycles. The molecule has 90 valence electrons. The molecule has 0 aliphatic rings. The number of hydrogen-bond donors (Lipinski definition) is 4. The molecule has 8 N–H and O–H groups in total. The van der Waals surface area contributed by atoms with E-state index in [9.17, 15) is 4.79 Å². The lowest BCUT2D eigenvalue weighted by molar-refractivity contribution is -0.138. The zero-order valence-electron chi connectivity index (χ0n) is 7.55. The van der Waals surface area contributed by atoms with E-state index in [4.69, 9.17) is 21.7 Å². The van der Waals surface area contributed by atoms with Gasteiger partial charge in [-0.2, -0.15) is 0 Å². The van der Waals surface area contributed by atoms with Crippen molar-refractivity contribution in [3.63, 3.8) is 0 Å². The van der Waals surface area contributed by atoms with E-state index in [2.05, 4.69) is 0 Å². The molecule has 0 bridgehead atoms. The number of carbonyl (C=O) groups is 1. The van der Waals surface area contributed by atoms with Gasteiger partial charge in [-0.1, -0.05) is 0 Å². The Hall–Kier alpha value is -0.110. The SMILES string of the molecule is Cl.Cl.NCC(O)CC[C@H](N)C(=O)O.O. The van der Waals surface area contributed by atoms with Crippen LogP contribution >= 0.6 is 24.8 Å². The highest BCUT2D eigenvalue weighted by Gasteiger charge is 2.12. The number of aliphatic hydroxyl groups is 1. The summed E-state index contributed by atoms with van der Waals surface area (Å²) in [7, 11) is 0. The first-order valence-corrected chi connectivity index (χ1v) is 3.44. The zero-order valence-corrected chi connectivity index (χ0v) is 9.18. The maximum absolute atomic E-state index is 10.2. The number of aliphatic carboxylic acids is 1. The predicted octanol–water partition coefficient (Wildman–Crippen LogP) is -1.48. The van der Waals surface area contributed by atoms with Gasteiger partial charge in [0, 0.05) is 6.54 Å². The molecule has 14 heavy (non-hydrogen) atoms. The molecule has 0 saturated carbocycles. The normalized spacial score (nSPS) is 12.5. The third-order valence-electron chi connectivity index (χ3n) is 1.40. The highest BCUT2D eigenvalue weighted by atomic mass is 35.5. The van der Waals surface area contributed by atoms with E-state index < -0.39 is 18.1 Å². The summed E-state index contributed by atoms with van der Waals surface area (Å²) in [4.78, 5) is 10.2. The Labute approximate surface area is 94.8 Å². The minimum atomic E-state index is -1.05. The Balaban J connectivity index is -0.000000167. The molecule has 8 heteroatoms. The number of carboxylic acid groups (broad SMARTS) is 1. The zero-order chi connectivity index (χ0) is 8.85. The topological polar surface area (TPSA) is 141 Å². The number of rotatable bonds is 5. The van der Waals surface area contributed by atoms with Gasteiger partial charge < -0.3 is 27.2 Å². The first-order chi connectivity index (χ1) is 5.07. The van der Waals surface area contributed by atoms with Crippen molar-refractivity contribution in [2.45, 2.75) is 25.0 Å². The Morgan fingerprint density at radius 2 is 1.71 bits per heavy atom. The largest absolute Gasteiger partial charge is 0.480 e. The number of aliphatic hydroxyl groups excluding tert-OH is 1. The van der Waals surface area contributed by atoms with Gasteiger partial charge in [0.15, 0.2) is 0 Å². The second-order valence-corrected chi connectivity index (χ2v) is 2.41. The maximum atomic E-state index is 10.2. The summed E-state index contributed by atoms with van der Waals surface area (Å²) in [5.41, 5.74) is 10.3. The van der Waals surface area contributed by atoms with Crippen LogP contribution in [-0.2, 0) is 4.79 Å². The molecule has 1 unspecified atom stereocenters. The molecular weight excluding hydrogens is 235 g/mol. The van der Waals surface area contributed by atoms with Crippen molar-refractivity contribution in [3.8, 4) is 0 Å². The Morgan fingerprint density at radius 3 is 2.00 bits per heavy atom. The number of carboxylic acids is 1. The smallest absolute Gasteiger partial charge is 0.320 e. The molecule has 0 rings (SSSR count). The summed E-state index contributed by atoms with van der Waals surface area (Å²) in [6, 6.07) is -0.892. The van der Waals surface area contributed by atoms with Crippen LogP contribution in [0.3, 0.4) is 0 Å². The third-order valence-corrected chi connectivity index (χ3v) is 1.40. The van der Waals surface area contributed by atoms with Crippen molar-refractivity contribution in [2.75, 3.05) is 6.54 Å². The van der Waals surface area contributed by atoms with Crippen molar-refractivity contribution in [3.05, 3.63) is 0 Å². The van der Waals surface area contributed by atoms with E-state index in [1.165, 1.54) is 0 Å². The first-order valence-electron chi connectivity index (χ1n) is 3.44. The molecule has 0 fully saturated rings. The third kappa shape index (κ3) is 11.9. The van der Waals surface area contributed by atoms with Crippen molar-refractivity contribution >= 4 is 30.8 Å². The summed E-state index contributed by atoms with van der Waals surface area (Å²) in [6.45, 7) is 0.145. The highest BCUT2D eigenvalue weighted by Crippen LogP contribution is 1.98. The van der Waals surface area contributed by atoms with Gasteiger partial charge in [0.25, 0.3) is 0 Å². The number of hydrogen-bond acceptors (Lipinski definition) is 4. The molecule has 0 heterocycles. The fraction of sp³-hybridized carbons (Fsp3) is 0.833. The van der Waals surface area contributed by atoms with Crippen molar-refractivity contribution in [1.82, 2.24) is 0 Å². The van der Waals surface area contributed by atoms with E-state index >= 15 is 0 Å². The van der Waals surface area contributed by atoms with E-state index in [-0.39, 0.29) is 43.3 Å². The van der Waals surface area contributed by atoms with Gasteiger partial charge in [0.1, 0.15) is 6.04 Å². The molecular formula is C6H18Cl2N2O4. The van der Waals surface area contributed by atoms with Crippen molar-refractivity contribution in [1.29, 1.82) is 0 Å². The lowest BCUT2D eigenvalue weighted by atomic mass is 10.1. The Morgan fingerprint density at radius 1 is 1.29 bits per heavy atom. The average molecular weight is 253 g/mol. The summed E-state index contributed by atoms with van der Waals surface area (Å²) >= 11 is 0. The van der Waals surface area contributed by atoms with Gasteiger partial charge in [-0.25, -0.2) is 0 Å². The summed E-state index contributed by atoms with van der Waals surface area (Å²) in [6.07, 6.45) is -0.0436. The van der Waals surface area contributed by atoms with E-state index in [0.29, 0.717) is 6.42 Å². The average Bonchev–Trinajstić information content (AvgIpc) is 1.99. The molecule has 0 saturated heterocycles. The van der Waals surface area contributed by atoms with Gasteiger partial charge in [-0.15, -0.1) is 24.8 Å². The molecule has 0 spiro atoms. The first kappa shape index (κ1) is 23.6. The van der Waals surface area contributed by atoms with Crippen LogP contribution < -0.4 is 11.5 Å². The molecule has 6 nitrogen and oxygen atoms in total. The van der Waals surface area contributed by atoms with Crippen LogP contribution in [0.1, 0.15) is 12.8 Å². The molecule has 0 aromatic heterocycles. The number of halogens is 2. The van der Waals surface area contributed by atoms with Crippen LogP contribution in [0.2, 0.25) is 0 Å². The minimum Gasteiger partial charge on any atom is -0.480 e. The second-order valence-electron chi connectivity index (χ2n) is 2.41. The van der Waals surface area contributed by atoms with Crippen LogP contribution in [0.4, 0.5) is 0 Å². The standard InChI is InChI=1S/C6H14N2O3.2ClH.H2O/c7-3-4(9)1-2-5(8)6(10)11;;;/h4-5,9H,1-3,7-8H2,(H,10,11);2*1H;1H2/t4?,5-;;;/m0.../s1. The van der Waals surface area contributed by atoms with E-state index in [0.717, 1.165) is 0 Å². The fourth-order valence-corrected chi connectivity index (χ4v) is 0.613. The van der Waals surface area contributed by atoms with Crippen LogP contribution in [0.5, 0.6) is 0 Å². The van der Waals surface area contributed by atoms with Gasteiger partial charge in [-0.05, 0) is 12.8 Å². The lowest BCUT2D eigenvalue weighted by Gasteiger charge is -2.09. The van der Waals surface area contributed by atoms with Crippen LogP contribution in [0, 0.1) is 0 Å². The Kier molecular flexibility index (Phi) is 21.7. The second kappa shape index (κ2) is 12.9. The summed E-state index contributed by atoms with van der Waals surface area (Å²) in [5.74, 6) is -1.05. The summed E-state index contributed by atoms with van der Waals surface area (Å²) < 4.78 is 0. The maximum Gasteiger partial charge on any atom is 0.320 e. The number of nitrogens with two attached hydrogens (primary N) is 2. The summed E-state index contributed by atoms with van der Waals surface area (Å²) in [5, 5.41) is 17.2. The fourth-order valence-electron chi connectivity index (χ4n) is 0.613. The minimum absolute atomic E-state index is 0. The predicted molar refractivity (Wildman–Crippen MR) is 58.0 cm³/mol. The van der Waals surface area contributed by atoms with Crippen molar-refractivity contribution < 1.29 is 20.5 Å². The quantitative estimate of drug-likeness (QED) is 0.472. The molecule has 2 atom stereocenters. The molecule has 0 radical (unpaired) electrons. The molecule has 0 aliphatic heterocycles. The van der Waals surface area contributed by atoms with E-state index in [1.54, 1.807) is 0 Å². The van der Waals surface area contributed by atoms with Crippen molar-refractivity contribution in [2.24, 2.45) is 11.5 Å². The highest BCUT2D eigenvalue weighted by molar-refractivity contribution is 5.85. The van der Waals surface area contributed by atoms with Crippen LogP contribution in [0.15, 0.2) is 0 Å². The molecule has 0 aliphatic carbocycles. The monoisotopic (exact) mass is 252 g/mol.